The fraction of sp³-hybridized carbons (Fsp3) is 0.200. The Morgan fingerprint density at radius 3 is 2.44 bits per heavy atom. The highest BCUT2D eigenvalue weighted by Crippen LogP contribution is 2.37. The van der Waals surface area contributed by atoms with Crippen molar-refractivity contribution >= 4 is 38.4 Å². The van der Waals surface area contributed by atoms with Crippen LogP contribution in [0.15, 0.2) is 30.6 Å². The number of ether oxygens (including phenoxy) is 1. The maximum atomic E-state index is 13.0. The van der Waals surface area contributed by atoms with Crippen molar-refractivity contribution in [3.8, 4) is 11.8 Å². The summed E-state index contributed by atoms with van der Waals surface area (Å²) >= 11 is 9.00. The summed E-state index contributed by atoms with van der Waals surface area (Å²) in [6.07, 6.45) is -1.95. The number of alkyl halides is 4. The van der Waals surface area contributed by atoms with Crippen LogP contribution in [-0.2, 0) is 6.18 Å². The molecule has 130 valence electrons. The fourth-order valence-corrected chi connectivity index (χ4v) is 2.56. The second kappa shape index (κ2) is 6.72. The topological polar surface area (TPSA) is 60.8 Å². The van der Waals surface area contributed by atoms with Gasteiger partial charge in [0.1, 0.15) is 5.75 Å². The lowest BCUT2D eigenvalue weighted by atomic mass is 10.1. The molecule has 1 atom stereocenters. The number of hydrogen-bond acceptors (Lipinski definition) is 5. The van der Waals surface area contributed by atoms with Crippen LogP contribution in [0.1, 0.15) is 23.3 Å². The van der Waals surface area contributed by atoms with Crippen LogP contribution in [0.25, 0.3) is 10.9 Å². The molecule has 1 unspecified atom stereocenters. The van der Waals surface area contributed by atoms with Crippen molar-refractivity contribution in [3.63, 3.8) is 0 Å². The van der Waals surface area contributed by atoms with Crippen LogP contribution >= 0.6 is 27.5 Å². The van der Waals surface area contributed by atoms with Crippen molar-refractivity contribution in [3.05, 3.63) is 47.1 Å². The smallest absolute Gasteiger partial charge is 0.424 e. The van der Waals surface area contributed by atoms with Gasteiger partial charge in [-0.15, -0.1) is 0 Å². The molecule has 0 fully saturated rings. The molecule has 25 heavy (non-hydrogen) atoms. The maximum Gasteiger partial charge on any atom is 0.451 e. The number of benzene rings is 1. The summed E-state index contributed by atoms with van der Waals surface area (Å²) in [7, 11) is 0. The number of halogens is 5. The fourth-order valence-electron chi connectivity index (χ4n) is 2.13. The quantitative estimate of drug-likeness (QED) is 0.522. The lowest BCUT2D eigenvalue weighted by Gasteiger charge is -2.14. The first kappa shape index (κ1) is 17.8. The Hall–Kier alpha value is -2.00. The van der Waals surface area contributed by atoms with E-state index in [0.717, 1.165) is 0 Å². The summed E-state index contributed by atoms with van der Waals surface area (Å²) in [4.78, 5) is 14.6. The molecular weight excluding hydrogens is 425 g/mol. The first-order valence-corrected chi connectivity index (χ1v) is 8.22. The van der Waals surface area contributed by atoms with Crippen molar-refractivity contribution in [2.75, 3.05) is 0 Å². The largest absolute Gasteiger partial charge is 0.451 e. The van der Waals surface area contributed by atoms with E-state index in [4.69, 9.17) is 16.3 Å². The van der Waals surface area contributed by atoms with Crippen LogP contribution in [0.2, 0.25) is 5.02 Å². The van der Waals surface area contributed by atoms with Gasteiger partial charge < -0.3 is 4.74 Å². The second-order valence-corrected chi connectivity index (χ2v) is 6.79. The highest BCUT2D eigenvalue weighted by atomic mass is 79.9. The summed E-state index contributed by atoms with van der Waals surface area (Å²) in [5.41, 5.74) is 0.261. The van der Waals surface area contributed by atoms with Gasteiger partial charge in [-0.3, -0.25) is 0 Å². The molecule has 2 aromatic heterocycles. The van der Waals surface area contributed by atoms with Crippen molar-refractivity contribution in [1.29, 1.82) is 0 Å². The standard InChI is InChI=1S/C15H9BrClF3N4O/c1-7(16)12-11-9(23-13(24-12)15(18,19)20)3-2-4-10(11)25-14-21-5-8(17)6-22-14/h2-7H,1H3. The van der Waals surface area contributed by atoms with Crippen LogP contribution in [0.5, 0.6) is 11.8 Å². The van der Waals surface area contributed by atoms with E-state index >= 15 is 0 Å². The molecule has 3 aromatic rings. The molecule has 10 heteroatoms. The van der Waals surface area contributed by atoms with E-state index in [1.807, 2.05) is 0 Å². The summed E-state index contributed by atoms with van der Waals surface area (Å²) in [5.74, 6) is -0.962. The van der Waals surface area contributed by atoms with Crippen LogP contribution < -0.4 is 4.74 Å². The molecule has 0 amide bonds. The van der Waals surface area contributed by atoms with Crippen LogP contribution in [-0.4, -0.2) is 19.9 Å². The highest BCUT2D eigenvalue weighted by molar-refractivity contribution is 9.09. The van der Waals surface area contributed by atoms with Gasteiger partial charge in [0.2, 0.25) is 5.82 Å². The predicted molar refractivity (Wildman–Crippen MR) is 89.0 cm³/mol. The van der Waals surface area contributed by atoms with Gasteiger partial charge in [-0.2, -0.15) is 13.2 Å². The van der Waals surface area contributed by atoms with E-state index < -0.39 is 16.8 Å². The third-order valence-corrected chi connectivity index (χ3v) is 3.77. The van der Waals surface area contributed by atoms with Gasteiger partial charge in [-0.05, 0) is 19.1 Å². The van der Waals surface area contributed by atoms with Crippen LogP contribution in [0, 0.1) is 0 Å². The number of aromatic nitrogens is 4. The molecule has 3 rings (SSSR count). The van der Waals surface area contributed by atoms with Crippen LogP contribution in [0.3, 0.4) is 0 Å². The Morgan fingerprint density at radius 1 is 1.16 bits per heavy atom. The molecular formula is C15H9BrClF3N4O. The lowest BCUT2D eigenvalue weighted by molar-refractivity contribution is -0.144. The SMILES string of the molecule is CC(Br)c1nc(C(F)(F)F)nc2cccc(Oc3ncc(Cl)cn3)c12. The van der Waals surface area contributed by atoms with Crippen molar-refractivity contribution in [1.82, 2.24) is 19.9 Å². The van der Waals surface area contributed by atoms with Gasteiger partial charge in [0.25, 0.3) is 0 Å². The molecule has 0 saturated carbocycles. The van der Waals surface area contributed by atoms with E-state index in [-0.39, 0.29) is 23.0 Å². The summed E-state index contributed by atoms with van der Waals surface area (Å²) in [5, 5.41) is 0.677. The first-order valence-electron chi connectivity index (χ1n) is 6.93. The summed E-state index contributed by atoms with van der Waals surface area (Å²) in [6.45, 7) is 1.66. The molecule has 0 saturated heterocycles. The molecule has 5 nitrogen and oxygen atoms in total. The average Bonchev–Trinajstić information content (AvgIpc) is 2.55. The average molecular weight is 434 g/mol. The lowest BCUT2D eigenvalue weighted by Crippen LogP contribution is -2.13. The number of rotatable bonds is 3. The van der Waals surface area contributed by atoms with Gasteiger partial charge in [0.05, 0.1) is 38.8 Å². The summed E-state index contributed by atoms with van der Waals surface area (Å²) in [6, 6.07) is 4.57. The monoisotopic (exact) mass is 432 g/mol. The number of fused-ring (bicyclic) bond motifs is 1. The predicted octanol–water partition coefficient (Wildman–Crippen LogP) is 5.34. The third-order valence-electron chi connectivity index (χ3n) is 3.14. The Kier molecular flexibility index (Phi) is 4.79. The molecule has 0 spiro atoms. The van der Waals surface area contributed by atoms with E-state index in [1.165, 1.54) is 24.5 Å². The third kappa shape index (κ3) is 3.82. The molecule has 0 aliphatic heterocycles. The van der Waals surface area contributed by atoms with E-state index in [9.17, 15) is 13.2 Å². The molecule has 0 bridgehead atoms. The minimum absolute atomic E-state index is 0.00461. The molecule has 0 aliphatic rings. The zero-order valence-electron chi connectivity index (χ0n) is 12.6. The summed E-state index contributed by atoms with van der Waals surface area (Å²) < 4.78 is 44.7. The Balaban J connectivity index is 2.18. The maximum absolute atomic E-state index is 13.0. The van der Waals surface area contributed by atoms with E-state index in [1.54, 1.807) is 13.0 Å². The molecule has 0 N–H and O–H groups in total. The zero-order valence-corrected chi connectivity index (χ0v) is 14.9. The minimum Gasteiger partial charge on any atom is -0.424 e. The molecule has 0 radical (unpaired) electrons. The second-order valence-electron chi connectivity index (χ2n) is 4.98. The highest BCUT2D eigenvalue weighted by Gasteiger charge is 2.36. The van der Waals surface area contributed by atoms with Gasteiger partial charge in [-0.1, -0.05) is 33.6 Å². The minimum atomic E-state index is -4.65. The van der Waals surface area contributed by atoms with Gasteiger partial charge in [-0.25, -0.2) is 19.9 Å². The van der Waals surface area contributed by atoms with Gasteiger partial charge >= 0.3 is 12.2 Å². The van der Waals surface area contributed by atoms with Gasteiger partial charge in [0.15, 0.2) is 0 Å². The number of hydrogen-bond donors (Lipinski definition) is 0. The Labute approximate surface area is 153 Å². The van der Waals surface area contributed by atoms with Crippen LogP contribution in [0.4, 0.5) is 13.2 Å². The molecule has 1 aromatic carbocycles. The first-order chi connectivity index (χ1) is 11.8. The van der Waals surface area contributed by atoms with E-state index in [2.05, 4.69) is 35.9 Å². The van der Waals surface area contributed by atoms with E-state index in [0.29, 0.717) is 10.4 Å². The normalized spacial score (nSPS) is 13.0. The molecule has 2 heterocycles. The van der Waals surface area contributed by atoms with Crippen molar-refractivity contribution in [2.24, 2.45) is 0 Å². The number of nitrogens with zero attached hydrogens (tertiary/aromatic N) is 4. The zero-order chi connectivity index (χ0) is 18.2. The Morgan fingerprint density at radius 2 is 1.84 bits per heavy atom. The van der Waals surface area contributed by atoms with Crippen molar-refractivity contribution in [2.45, 2.75) is 17.9 Å². The Bertz CT molecular complexity index is 919. The van der Waals surface area contributed by atoms with Crippen molar-refractivity contribution < 1.29 is 17.9 Å². The molecule has 0 aliphatic carbocycles. The van der Waals surface area contributed by atoms with Gasteiger partial charge in [0, 0.05) is 0 Å².